The molecule has 0 fully saturated rings. The van der Waals surface area contributed by atoms with E-state index in [-0.39, 0.29) is 22.7 Å². The molecule has 0 saturated heterocycles. The molecule has 2 aromatic carbocycles. The predicted octanol–water partition coefficient (Wildman–Crippen LogP) is 5.12. The van der Waals surface area contributed by atoms with Gasteiger partial charge in [0, 0.05) is 24.0 Å². The molecule has 0 unspecified atom stereocenters. The van der Waals surface area contributed by atoms with Gasteiger partial charge in [0.05, 0.1) is 5.56 Å². The molecule has 2 amide bonds. The number of benzene rings is 2. The number of urea groups is 1. The van der Waals surface area contributed by atoms with Crippen LogP contribution in [0.2, 0.25) is 5.15 Å². The summed E-state index contributed by atoms with van der Waals surface area (Å²) in [5, 5.41) is 2.65. The molecule has 7 nitrogen and oxygen atoms in total. The van der Waals surface area contributed by atoms with Gasteiger partial charge in [-0.05, 0) is 48.4 Å². The van der Waals surface area contributed by atoms with Crippen LogP contribution in [0.5, 0.6) is 11.6 Å². The first-order valence-electron chi connectivity index (χ1n) is 9.06. The summed E-state index contributed by atoms with van der Waals surface area (Å²) in [6.07, 6.45) is -3.94. The van der Waals surface area contributed by atoms with Gasteiger partial charge >= 0.3 is 12.2 Å². The van der Waals surface area contributed by atoms with Crippen LogP contribution in [-0.2, 0) is 12.6 Å². The van der Waals surface area contributed by atoms with Crippen molar-refractivity contribution in [2.24, 2.45) is 0 Å². The summed E-state index contributed by atoms with van der Waals surface area (Å²) in [4.78, 5) is 21.8. The largest absolute Gasteiger partial charge is 0.439 e. The van der Waals surface area contributed by atoms with Crippen molar-refractivity contribution in [3.05, 3.63) is 64.8 Å². The summed E-state index contributed by atoms with van der Waals surface area (Å²) in [6, 6.07) is 10.5. The molecule has 2 heterocycles. The van der Waals surface area contributed by atoms with Gasteiger partial charge < -0.3 is 15.8 Å². The van der Waals surface area contributed by atoms with E-state index in [2.05, 4.69) is 15.3 Å². The van der Waals surface area contributed by atoms with E-state index in [0.717, 1.165) is 17.7 Å². The van der Waals surface area contributed by atoms with E-state index >= 15 is 0 Å². The second-order valence-electron chi connectivity index (χ2n) is 6.69. The molecule has 31 heavy (non-hydrogen) atoms. The van der Waals surface area contributed by atoms with E-state index in [9.17, 15) is 18.0 Å². The third-order valence-corrected chi connectivity index (χ3v) is 4.74. The van der Waals surface area contributed by atoms with Gasteiger partial charge in [-0.2, -0.15) is 18.2 Å². The number of nitrogens with two attached hydrogens (primary N) is 1. The number of carbonyl (C=O) groups is 1. The third kappa shape index (κ3) is 4.64. The highest BCUT2D eigenvalue weighted by atomic mass is 35.5. The number of rotatable bonds is 3. The minimum Gasteiger partial charge on any atom is -0.439 e. The molecule has 0 bridgehead atoms. The molecule has 0 spiro atoms. The van der Waals surface area contributed by atoms with Gasteiger partial charge in [-0.25, -0.2) is 9.78 Å². The number of nitrogen functional groups attached to an aromatic ring is 1. The summed E-state index contributed by atoms with van der Waals surface area (Å²) in [7, 11) is 0. The highest BCUT2D eigenvalue weighted by Gasteiger charge is 2.31. The topological polar surface area (TPSA) is 93.4 Å². The van der Waals surface area contributed by atoms with Crippen LogP contribution in [0.15, 0.2) is 48.5 Å². The Morgan fingerprint density at radius 2 is 1.97 bits per heavy atom. The summed E-state index contributed by atoms with van der Waals surface area (Å²) in [5.74, 6) is 0.615. The quantitative estimate of drug-likeness (QED) is 0.541. The molecule has 1 aromatic heterocycles. The Morgan fingerprint density at radius 1 is 1.16 bits per heavy atom. The lowest BCUT2D eigenvalue weighted by atomic mass is 10.1. The van der Waals surface area contributed by atoms with Gasteiger partial charge in [-0.15, -0.1) is 0 Å². The molecule has 0 radical (unpaired) electrons. The lowest BCUT2D eigenvalue weighted by Gasteiger charge is -2.19. The second kappa shape index (κ2) is 7.95. The average Bonchev–Trinajstić information content (AvgIpc) is 3.10. The van der Waals surface area contributed by atoms with Crippen molar-refractivity contribution < 1.29 is 22.7 Å². The van der Waals surface area contributed by atoms with Crippen molar-refractivity contribution in [3.8, 4) is 11.6 Å². The number of ether oxygens (including phenoxy) is 1. The Balaban J connectivity index is 1.49. The molecule has 3 aromatic rings. The van der Waals surface area contributed by atoms with E-state index in [1.54, 1.807) is 18.2 Å². The van der Waals surface area contributed by atoms with E-state index in [1.165, 1.54) is 23.1 Å². The van der Waals surface area contributed by atoms with Crippen LogP contribution >= 0.6 is 11.6 Å². The number of carbonyl (C=O) groups excluding carboxylic acids is 1. The first kappa shape index (κ1) is 20.7. The van der Waals surface area contributed by atoms with E-state index < -0.39 is 17.8 Å². The van der Waals surface area contributed by atoms with Crippen LogP contribution in [0.3, 0.4) is 0 Å². The number of nitrogens with zero attached hydrogens (tertiary/aromatic N) is 3. The van der Waals surface area contributed by atoms with Crippen LogP contribution in [0.4, 0.5) is 35.3 Å². The zero-order valence-electron chi connectivity index (χ0n) is 15.8. The van der Waals surface area contributed by atoms with Crippen molar-refractivity contribution in [2.45, 2.75) is 12.6 Å². The molecule has 0 saturated carbocycles. The maximum absolute atomic E-state index is 12.9. The number of fused-ring (bicyclic) bond motifs is 1. The van der Waals surface area contributed by atoms with Gasteiger partial charge in [-0.1, -0.05) is 17.7 Å². The minimum absolute atomic E-state index is 0.0268. The number of anilines is 3. The van der Waals surface area contributed by atoms with Crippen molar-refractivity contribution in [1.29, 1.82) is 0 Å². The Bertz CT molecular complexity index is 1140. The highest BCUT2D eigenvalue weighted by Crippen LogP contribution is 2.34. The highest BCUT2D eigenvalue weighted by molar-refractivity contribution is 6.29. The molecule has 1 aliphatic rings. The predicted molar refractivity (Wildman–Crippen MR) is 109 cm³/mol. The Kier molecular flexibility index (Phi) is 5.32. The monoisotopic (exact) mass is 449 g/mol. The van der Waals surface area contributed by atoms with Gasteiger partial charge in [0.25, 0.3) is 0 Å². The normalized spacial score (nSPS) is 13.1. The number of hydrogen-bond donors (Lipinski definition) is 2. The fourth-order valence-corrected chi connectivity index (χ4v) is 3.38. The van der Waals surface area contributed by atoms with Gasteiger partial charge in [0.15, 0.2) is 0 Å². The van der Waals surface area contributed by atoms with Crippen LogP contribution < -0.4 is 20.7 Å². The Hall–Kier alpha value is -3.53. The fourth-order valence-electron chi connectivity index (χ4n) is 3.20. The maximum Gasteiger partial charge on any atom is 0.416 e. The molecular weight excluding hydrogens is 435 g/mol. The zero-order valence-corrected chi connectivity index (χ0v) is 16.5. The second-order valence-corrected chi connectivity index (χ2v) is 7.08. The minimum atomic E-state index is -4.49. The molecule has 160 valence electrons. The number of alkyl halides is 3. The van der Waals surface area contributed by atoms with Crippen LogP contribution in [0.1, 0.15) is 11.1 Å². The number of hydrogen-bond acceptors (Lipinski definition) is 5. The van der Waals surface area contributed by atoms with Gasteiger partial charge in [0.2, 0.25) is 11.8 Å². The van der Waals surface area contributed by atoms with Crippen molar-refractivity contribution in [3.63, 3.8) is 0 Å². The summed E-state index contributed by atoms with van der Waals surface area (Å²) in [5.41, 5.74) is 6.25. The molecule has 0 atom stereocenters. The summed E-state index contributed by atoms with van der Waals surface area (Å²) < 4.78 is 44.3. The zero-order chi connectivity index (χ0) is 22.2. The molecule has 3 N–H and O–H groups in total. The standard InChI is InChI=1S/C20H15ClF3N5O2/c21-16-10-17(28-18(25)27-16)31-14-4-5-15-11(8-14)6-7-29(15)19(30)26-13-3-1-2-12(9-13)20(22,23)24/h1-5,8-10H,6-7H2,(H,26,30)(H2,25,27,28). The average molecular weight is 450 g/mol. The van der Waals surface area contributed by atoms with Crippen molar-refractivity contribution in [1.82, 2.24) is 9.97 Å². The fraction of sp³-hybridized carbons (Fsp3) is 0.150. The van der Waals surface area contributed by atoms with Crippen LogP contribution in [-0.4, -0.2) is 22.5 Å². The van der Waals surface area contributed by atoms with Crippen LogP contribution in [0.25, 0.3) is 0 Å². The molecule has 0 aliphatic carbocycles. The first-order chi connectivity index (χ1) is 14.7. The number of aromatic nitrogens is 2. The number of amides is 2. The van der Waals surface area contributed by atoms with Crippen LogP contribution in [0, 0.1) is 0 Å². The Labute approximate surface area is 179 Å². The third-order valence-electron chi connectivity index (χ3n) is 4.54. The SMILES string of the molecule is Nc1nc(Cl)cc(Oc2ccc3c(c2)CCN3C(=O)Nc2cccc(C(F)(F)F)c2)n1. The Morgan fingerprint density at radius 3 is 2.71 bits per heavy atom. The smallest absolute Gasteiger partial charge is 0.416 e. The maximum atomic E-state index is 12.9. The van der Waals surface area contributed by atoms with Gasteiger partial charge in [-0.3, -0.25) is 4.90 Å². The molecule has 11 heteroatoms. The molecule has 4 rings (SSSR count). The summed E-state index contributed by atoms with van der Waals surface area (Å²) in [6.45, 7) is 0.371. The van der Waals surface area contributed by atoms with E-state index in [4.69, 9.17) is 22.1 Å². The first-order valence-corrected chi connectivity index (χ1v) is 9.43. The lowest BCUT2D eigenvalue weighted by molar-refractivity contribution is -0.137. The van der Waals surface area contributed by atoms with E-state index in [0.29, 0.717) is 24.4 Å². The number of nitrogens with one attached hydrogen (secondary N) is 1. The molecular formula is C20H15ClF3N5O2. The molecule has 1 aliphatic heterocycles. The van der Waals surface area contributed by atoms with Gasteiger partial charge in [0.1, 0.15) is 10.9 Å². The van der Waals surface area contributed by atoms with Crippen molar-refractivity contribution >= 4 is 35.0 Å². The lowest BCUT2D eigenvalue weighted by Crippen LogP contribution is -2.33. The van der Waals surface area contributed by atoms with Crippen molar-refractivity contribution in [2.75, 3.05) is 22.5 Å². The number of halogens is 4. The summed E-state index contributed by atoms with van der Waals surface area (Å²) >= 11 is 5.84. The van der Waals surface area contributed by atoms with E-state index in [1.807, 2.05) is 0 Å².